The molecule has 0 saturated carbocycles. The molecule has 1 aliphatic carbocycles. The van der Waals surface area contributed by atoms with Crippen LogP contribution in [-0.4, -0.2) is 40.0 Å². The van der Waals surface area contributed by atoms with E-state index < -0.39 is 17.8 Å². The van der Waals surface area contributed by atoms with E-state index in [4.69, 9.17) is 4.74 Å². The number of aromatic carboxylic acids is 1. The number of carboxylic acid groups (broad SMARTS) is 1. The van der Waals surface area contributed by atoms with Gasteiger partial charge in [-0.2, -0.15) is 0 Å². The van der Waals surface area contributed by atoms with E-state index in [0.29, 0.717) is 24.2 Å². The summed E-state index contributed by atoms with van der Waals surface area (Å²) in [5.74, 6) is -1.14. The van der Waals surface area contributed by atoms with Gasteiger partial charge >= 0.3 is 5.97 Å². The van der Waals surface area contributed by atoms with Gasteiger partial charge in [-0.1, -0.05) is 18.2 Å². The summed E-state index contributed by atoms with van der Waals surface area (Å²) in [4.78, 5) is 45.0. The Labute approximate surface area is 196 Å². The molecule has 9 nitrogen and oxygen atoms in total. The van der Waals surface area contributed by atoms with Gasteiger partial charge in [0, 0.05) is 12.6 Å². The minimum absolute atomic E-state index is 0.127. The summed E-state index contributed by atoms with van der Waals surface area (Å²) in [5.41, 5.74) is 3.67. The lowest BCUT2D eigenvalue weighted by atomic mass is 9.95. The van der Waals surface area contributed by atoms with Gasteiger partial charge in [-0.05, 0) is 60.2 Å². The number of nitrogens with zero attached hydrogens (tertiary/aromatic N) is 2. The molecule has 0 bridgehead atoms. The first kappa shape index (κ1) is 22.9. The van der Waals surface area contributed by atoms with Crippen molar-refractivity contribution in [3.8, 4) is 5.75 Å². The second kappa shape index (κ2) is 9.70. The number of fused-ring (bicyclic) bond motifs is 1. The predicted molar refractivity (Wildman–Crippen MR) is 124 cm³/mol. The second-order valence-electron chi connectivity index (χ2n) is 8.01. The number of anilines is 1. The van der Waals surface area contributed by atoms with Crippen LogP contribution in [0.1, 0.15) is 55.4 Å². The van der Waals surface area contributed by atoms with Crippen molar-refractivity contribution in [2.75, 3.05) is 12.4 Å². The molecule has 0 aliphatic heterocycles. The van der Waals surface area contributed by atoms with Gasteiger partial charge in [-0.25, -0.2) is 14.8 Å². The Morgan fingerprint density at radius 3 is 2.74 bits per heavy atom. The first-order chi connectivity index (χ1) is 16.4. The molecule has 1 aromatic heterocycles. The first-order valence-corrected chi connectivity index (χ1v) is 10.8. The van der Waals surface area contributed by atoms with E-state index in [1.807, 2.05) is 24.3 Å². The molecular formula is C25H24N4O5. The van der Waals surface area contributed by atoms with Crippen LogP contribution in [0.15, 0.2) is 48.8 Å². The van der Waals surface area contributed by atoms with Crippen LogP contribution in [0.25, 0.3) is 0 Å². The summed E-state index contributed by atoms with van der Waals surface area (Å²) in [7, 11) is 1.58. The Morgan fingerprint density at radius 2 is 1.97 bits per heavy atom. The Kier molecular flexibility index (Phi) is 6.53. The normalized spacial score (nSPS) is 14.2. The Balaban J connectivity index is 1.43. The molecule has 4 rings (SSSR count). The standard InChI is InChI=1S/C25H24N4O5/c1-14-17-6-9-20(19(17)8-7-18(14)25(32)33)23(30)29-22-11-21(27-13-28-22)24(31)26-12-15-4-3-5-16(10-15)34-2/h3-5,7-8,10-11,13,20H,6,9,12H2,1-2H3,(H,26,31)(H,32,33)(H,27,28,29,30). The maximum atomic E-state index is 13.0. The SMILES string of the molecule is COc1cccc(CNC(=O)c2cc(NC(=O)C3CCc4c3ccc(C(=O)O)c4C)ncn2)c1. The van der Waals surface area contributed by atoms with Crippen LogP contribution in [-0.2, 0) is 17.8 Å². The van der Waals surface area contributed by atoms with Crippen molar-refractivity contribution in [2.24, 2.45) is 0 Å². The number of ether oxygens (including phenoxy) is 1. The zero-order valence-corrected chi connectivity index (χ0v) is 18.8. The van der Waals surface area contributed by atoms with Gasteiger partial charge in [-0.15, -0.1) is 0 Å². The van der Waals surface area contributed by atoms with E-state index in [1.165, 1.54) is 18.5 Å². The summed E-state index contributed by atoms with van der Waals surface area (Å²) >= 11 is 0. The smallest absolute Gasteiger partial charge is 0.335 e. The molecule has 3 N–H and O–H groups in total. The van der Waals surface area contributed by atoms with Crippen LogP contribution in [0.5, 0.6) is 5.75 Å². The predicted octanol–water partition coefficient (Wildman–Crippen LogP) is 3.09. The number of carbonyl (C=O) groups excluding carboxylic acids is 2. The number of aromatic nitrogens is 2. The maximum Gasteiger partial charge on any atom is 0.335 e. The molecule has 1 aliphatic rings. The van der Waals surface area contributed by atoms with Gasteiger partial charge in [0.05, 0.1) is 18.6 Å². The molecule has 2 aromatic carbocycles. The number of hydrogen-bond acceptors (Lipinski definition) is 6. The Morgan fingerprint density at radius 1 is 1.15 bits per heavy atom. The topological polar surface area (TPSA) is 131 Å². The van der Waals surface area contributed by atoms with Crippen molar-refractivity contribution >= 4 is 23.6 Å². The number of carboxylic acids is 1. The van der Waals surface area contributed by atoms with Gasteiger partial charge in [0.25, 0.3) is 5.91 Å². The van der Waals surface area contributed by atoms with Crippen LogP contribution in [0, 0.1) is 6.92 Å². The monoisotopic (exact) mass is 460 g/mol. The van der Waals surface area contributed by atoms with Crippen LogP contribution >= 0.6 is 0 Å². The quantitative estimate of drug-likeness (QED) is 0.494. The number of nitrogens with one attached hydrogen (secondary N) is 2. The van der Waals surface area contributed by atoms with Crippen molar-refractivity contribution in [1.29, 1.82) is 0 Å². The third-order valence-electron chi connectivity index (χ3n) is 5.98. The van der Waals surface area contributed by atoms with E-state index >= 15 is 0 Å². The molecule has 0 fully saturated rings. The highest BCUT2D eigenvalue weighted by molar-refractivity contribution is 5.98. The van der Waals surface area contributed by atoms with Gasteiger partial charge in [0.2, 0.25) is 5.91 Å². The molecule has 1 unspecified atom stereocenters. The number of methoxy groups -OCH3 is 1. The van der Waals surface area contributed by atoms with Crippen molar-refractivity contribution in [3.63, 3.8) is 0 Å². The highest BCUT2D eigenvalue weighted by Crippen LogP contribution is 2.37. The largest absolute Gasteiger partial charge is 0.497 e. The lowest BCUT2D eigenvalue weighted by molar-refractivity contribution is -0.117. The fraction of sp³-hybridized carbons (Fsp3) is 0.240. The fourth-order valence-corrected chi connectivity index (χ4v) is 4.20. The van der Waals surface area contributed by atoms with E-state index in [0.717, 1.165) is 16.7 Å². The van der Waals surface area contributed by atoms with Crippen molar-refractivity contribution in [2.45, 2.75) is 32.2 Å². The molecule has 1 atom stereocenters. The van der Waals surface area contributed by atoms with Gasteiger partial charge in [0.15, 0.2) is 0 Å². The summed E-state index contributed by atoms with van der Waals surface area (Å²) < 4.78 is 5.19. The summed E-state index contributed by atoms with van der Waals surface area (Å²) in [6.45, 7) is 2.06. The van der Waals surface area contributed by atoms with E-state index in [1.54, 1.807) is 20.1 Å². The van der Waals surface area contributed by atoms with Crippen LogP contribution < -0.4 is 15.4 Å². The Hall–Kier alpha value is -4.27. The number of benzene rings is 2. The number of amides is 2. The minimum Gasteiger partial charge on any atom is -0.497 e. The molecule has 34 heavy (non-hydrogen) atoms. The van der Waals surface area contributed by atoms with E-state index in [2.05, 4.69) is 20.6 Å². The molecule has 0 saturated heterocycles. The van der Waals surface area contributed by atoms with Crippen molar-refractivity contribution < 1.29 is 24.2 Å². The molecule has 0 spiro atoms. The maximum absolute atomic E-state index is 13.0. The fourth-order valence-electron chi connectivity index (χ4n) is 4.20. The molecule has 3 aromatic rings. The summed E-state index contributed by atoms with van der Waals surface area (Å²) in [6.07, 6.45) is 2.42. The third-order valence-corrected chi connectivity index (χ3v) is 5.98. The molecule has 2 amide bonds. The van der Waals surface area contributed by atoms with Crippen LogP contribution in [0.2, 0.25) is 0 Å². The number of carbonyl (C=O) groups is 3. The summed E-state index contributed by atoms with van der Waals surface area (Å²) in [6, 6.07) is 12.0. The lowest BCUT2D eigenvalue weighted by Gasteiger charge is -2.14. The second-order valence-corrected chi connectivity index (χ2v) is 8.01. The molecule has 0 radical (unpaired) electrons. The molecular weight excluding hydrogens is 436 g/mol. The van der Waals surface area contributed by atoms with E-state index in [9.17, 15) is 19.5 Å². The van der Waals surface area contributed by atoms with Gasteiger partial charge in [0.1, 0.15) is 23.6 Å². The Bertz CT molecular complexity index is 1270. The molecule has 9 heteroatoms. The van der Waals surface area contributed by atoms with Crippen LogP contribution in [0.4, 0.5) is 5.82 Å². The lowest BCUT2D eigenvalue weighted by Crippen LogP contribution is -2.25. The average molecular weight is 460 g/mol. The third kappa shape index (κ3) is 4.73. The first-order valence-electron chi connectivity index (χ1n) is 10.8. The highest BCUT2D eigenvalue weighted by atomic mass is 16.5. The van der Waals surface area contributed by atoms with E-state index in [-0.39, 0.29) is 29.5 Å². The average Bonchev–Trinajstić information content (AvgIpc) is 3.28. The molecule has 1 heterocycles. The van der Waals surface area contributed by atoms with Crippen LogP contribution in [0.3, 0.4) is 0 Å². The van der Waals surface area contributed by atoms with Gasteiger partial charge in [-0.3, -0.25) is 9.59 Å². The zero-order valence-electron chi connectivity index (χ0n) is 18.8. The zero-order chi connectivity index (χ0) is 24.2. The minimum atomic E-state index is -0.980. The number of rotatable bonds is 7. The molecule has 174 valence electrons. The highest BCUT2D eigenvalue weighted by Gasteiger charge is 2.31. The van der Waals surface area contributed by atoms with Crippen molar-refractivity contribution in [1.82, 2.24) is 15.3 Å². The summed E-state index contributed by atoms with van der Waals surface area (Å²) in [5, 5.41) is 14.9. The van der Waals surface area contributed by atoms with Gasteiger partial charge < -0.3 is 20.5 Å². The number of hydrogen-bond donors (Lipinski definition) is 3. The van der Waals surface area contributed by atoms with Crippen molar-refractivity contribution in [3.05, 3.63) is 82.3 Å².